The largest absolute Gasteiger partial charge is 0.444 e. The topological polar surface area (TPSA) is 351 Å². The maximum absolute atomic E-state index is 12.8. The molecule has 4 aliphatic heterocycles. The molecule has 0 saturated carbocycles. The van der Waals surface area contributed by atoms with Gasteiger partial charge in [-0.05, 0) is 120 Å². The second-order valence-corrected chi connectivity index (χ2v) is 28.7. The van der Waals surface area contributed by atoms with Crippen LogP contribution in [0.4, 0.5) is 66.8 Å². The van der Waals surface area contributed by atoms with Crippen LogP contribution in [0.2, 0.25) is 5.28 Å². The molecule has 0 bridgehead atoms. The van der Waals surface area contributed by atoms with Crippen LogP contribution in [0.3, 0.4) is 0 Å². The zero-order chi connectivity index (χ0) is 72.8. The predicted molar refractivity (Wildman–Crippen MR) is 382 cm³/mol. The Labute approximate surface area is 599 Å². The fourth-order valence-corrected chi connectivity index (χ4v) is 10.3. The maximum atomic E-state index is 12.8. The van der Waals surface area contributed by atoms with Crippen LogP contribution >= 0.6 is 11.6 Å². The highest BCUT2D eigenvalue weighted by molar-refractivity contribution is 6.28. The highest BCUT2D eigenvalue weighted by Gasteiger charge is 2.33. The number of ether oxygens (including phenoxy) is 10. The number of aromatic nitrogens is 9. The zero-order valence-corrected chi connectivity index (χ0v) is 62.4. The molecule has 3 aromatic heterocycles. The van der Waals surface area contributed by atoms with Crippen LogP contribution in [0.15, 0.2) is 0 Å². The van der Waals surface area contributed by atoms with Gasteiger partial charge in [0, 0.05) is 157 Å². The monoisotopic (exact) mass is 1450 g/mol. The third kappa shape index (κ3) is 31.0. The molecule has 36 heteroatoms. The van der Waals surface area contributed by atoms with Crippen molar-refractivity contribution in [2.45, 2.75) is 131 Å². The lowest BCUT2D eigenvalue weighted by Crippen LogP contribution is -2.51. The number of amides is 4. The van der Waals surface area contributed by atoms with E-state index in [0.29, 0.717) is 283 Å². The summed E-state index contributed by atoms with van der Waals surface area (Å²) in [4.78, 5) is 108. The molecule has 35 nitrogen and oxygen atoms in total. The van der Waals surface area contributed by atoms with Crippen molar-refractivity contribution in [3.8, 4) is 0 Å². The summed E-state index contributed by atoms with van der Waals surface area (Å²) in [5.41, 5.74) is -2.33. The maximum Gasteiger partial charge on any atom is 0.410 e. The number of rotatable bonds is 36. The second-order valence-electron chi connectivity index (χ2n) is 28.4. The third-order valence-corrected chi connectivity index (χ3v) is 15.3. The van der Waals surface area contributed by atoms with E-state index in [-0.39, 0.29) is 29.7 Å². The number of hydrogen-bond donors (Lipinski definition) is 4. The molecule has 0 atom stereocenters. The minimum absolute atomic E-state index is 0.0742. The molecule has 4 amide bonds. The van der Waals surface area contributed by atoms with E-state index in [1.54, 1.807) is 19.6 Å². The standard InChI is InChI=1S/C65H112ClN21O14/c1-62(2,3)98-58(88)84-29-21-80(22-30-84)54-74-52(75-55(78-54)81-23-31-85(32-24-81)59(89)99-63(4,5)6)69-19-15-39-94-43-47-96-45-41-92-37-13-17-67-50-71-49(66)72-51(73-50)68-18-14-38-93-42-46-97-48-44-95-40-16-20-70-53-76-56(82-25-33-86(34-26-82)60(90)100-64(7,8)9)79-57(77-53)83-27-35-87(36-28-83)61(91)101-65(10,11)12/h13-48H2,1-12H3,(H,69,74,75,78)(H,70,76,77,79)(H2,67,68,71,72,73). The Morgan fingerprint density at radius 1 is 0.297 bits per heavy atom. The van der Waals surface area contributed by atoms with Crippen molar-refractivity contribution < 1.29 is 66.5 Å². The number of carbonyl (C=O) groups excluding carboxylic acids is 4. The lowest BCUT2D eigenvalue weighted by molar-refractivity contribution is 0.0145. The molecule has 4 N–H and O–H groups in total. The Morgan fingerprint density at radius 3 is 0.703 bits per heavy atom. The Kier molecular flexibility index (Phi) is 32.4. The van der Waals surface area contributed by atoms with E-state index in [1.165, 1.54) is 0 Å². The molecule has 3 aromatic rings. The summed E-state index contributed by atoms with van der Waals surface area (Å²) in [6, 6.07) is 0. The van der Waals surface area contributed by atoms with Gasteiger partial charge >= 0.3 is 24.4 Å². The number of hydrogen-bond acceptors (Lipinski definition) is 31. The number of nitrogens with one attached hydrogen (secondary N) is 4. The van der Waals surface area contributed by atoms with Crippen molar-refractivity contribution in [2.75, 3.05) is 251 Å². The first-order valence-corrected chi connectivity index (χ1v) is 35.8. The average Bonchev–Trinajstić information content (AvgIpc) is 0.813. The number of carbonyl (C=O) groups is 4. The molecule has 0 spiro atoms. The van der Waals surface area contributed by atoms with Gasteiger partial charge in [-0.2, -0.15) is 44.9 Å². The molecule has 568 valence electrons. The lowest BCUT2D eigenvalue weighted by atomic mass is 10.2. The van der Waals surface area contributed by atoms with Crippen molar-refractivity contribution in [2.24, 2.45) is 0 Å². The van der Waals surface area contributed by atoms with Gasteiger partial charge in [-0.15, -0.1) is 0 Å². The fourth-order valence-electron chi connectivity index (χ4n) is 10.2. The van der Waals surface area contributed by atoms with E-state index in [1.807, 2.05) is 103 Å². The van der Waals surface area contributed by atoms with Crippen LogP contribution in [-0.2, 0) is 47.4 Å². The van der Waals surface area contributed by atoms with Crippen molar-refractivity contribution in [3.63, 3.8) is 0 Å². The number of halogens is 1. The van der Waals surface area contributed by atoms with Gasteiger partial charge in [0.15, 0.2) is 0 Å². The Hall–Kier alpha value is -7.44. The SMILES string of the molecule is CC(C)(C)OC(=O)N1CCN(c2nc(NCCCOCCOCCOCCCNc3nc(Cl)nc(NCCCOCCOCCOCCCNc4nc(N5CCN(C(=O)OC(C)(C)C)CC5)nc(N5CCN(C(=O)OC(C)(C)C)CC5)n4)n3)nc(N3CCN(C(=O)OC(C)(C)C)CC3)n2)CC1. The average molecular weight is 1450 g/mol. The third-order valence-electron chi connectivity index (χ3n) is 15.2. The van der Waals surface area contributed by atoms with Crippen molar-refractivity contribution in [1.82, 2.24) is 64.5 Å². The molecule has 4 aliphatic rings. The summed E-state index contributed by atoms with van der Waals surface area (Å²) in [6.45, 7) is 38.0. The molecule has 7 rings (SSSR count). The van der Waals surface area contributed by atoms with Crippen molar-refractivity contribution >= 4 is 83.6 Å². The Balaban J connectivity index is 0.679. The predicted octanol–water partition coefficient (Wildman–Crippen LogP) is 5.83. The van der Waals surface area contributed by atoms with Gasteiger partial charge < -0.3 is 108 Å². The van der Waals surface area contributed by atoms with Crippen molar-refractivity contribution in [1.29, 1.82) is 0 Å². The molecule has 7 heterocycles. The summed E-state index contributed by atoms with van der Waals surface area (Å²) >= 11 is 6.22. The van der Waals surface area contributed by atoms with Gasteiger partial charge in [0.2, 0.25) is 52.9 Å². The van der Waals surface area contributed by atoms with E-state index in [9.17, 15) is 19.2 Å². The van der Waals surface area contributed by atoms with E-state index >= 15 is 0 Å². The lowest BCUT2D eigenvalue weighted by Gasteiger charge is -2.37. The van der Waals surface area contributed by atoms with Crippen LogP contribution in [-0.4, -0.2) is 321 Å². The Morgan fingerprint density at radius 2 is 0.495 bits per heavy atom. The molecule has 0 aromatic carbocycles. The molecule has 0 radical (unpaired) electrons. The summed E-state index contributed by atoms with van der Waals surface area (Å²) in [5, 5.41) is 13.1. The van der Waals surface area contributed by atoms with Gasteiger partial charge in [-0.1, -0.05) is 0 Å². The van der Waals surface area contributed by atoms with Crippen LogP contribution in [0.25, 0.3) is 0 Å². The van der Waals surface area contributed by atoms with E-state index < -0.39 is 22.4 Å². The summed E-state index contributed by atoms with van der Waals surface area (Å²) < 4.78 is 57.0. The minimum Gasteiger partial charge on any atom is -0.444 e. The molecular formula is C65H112ClN21O14. The van der Waals surface area contributed by atoms with Gasteiger partial charge in [-0.25, -0.2) is 19.2 Å². The summed E-state index contributed by atoms with van der Waals surface area (Å²) in [6.07, 6.45) is 1.45. The van der Waals surface area contributed by atoms with Crippen LogP contribution in [0.1, 0.15) is 109 Å². The van der Waals surface area contributed by atoms with Crippen LogP contribution in [0, 0.1) is 0 Å². The van der Waals surface area contributed by atoms with E-state index in [2.05, 4.69) is 36.2 Å². The summed E-state index contributed by atoms with van der Waals surface area (Å²) in [7, 11) is 0. The molecule has 101 heavy (non-hydrogen) atoms. The molecule has 0 aliphatic carbocycles. The Bertz CT molecular complexity index is 2660. The highest BCUT2D eigenvalue weighted by atomic mass is 35.5. The molecule has 4 fully saturated rings. The fraction of sp³-hybridized carbons (Fsp3) is 0.800. The first kappa shape index (κ1) is 80.9. The van der Waals surface area contributed by atoms with Gasteiger partial charge in [0.25, 0.3) is 0 Å². The summed E-state index contributed by atoms with van der Waals surface area (Å²) in [5.74, 6) is 3.64. The highest BCUT2D eigenvalue weighted by Crippen LogP contribution is 2.25. The first-order valence-electron chi connectivity index (χ1n) is 35.4. The van der Waals surface area contributed by atoms with Crippen LogP contribution in [0.5, 0.6) is 0 Å². The van der Waals surface area contributed by atoms with Gasteiger partial charge in [0.1, 0.15) is 22.4 Å². The molecule has 0 unspecified atom stereocenters. The number of nitrogens with zero attached hydrogens (tertiary/aromatic N) is 17. The second kappa shape index (κ2) is 40.4. The smallest absolute Gasteiger partial charge is 0.410 e. The first-order chi connectivity index (χ1) is 48.1. The number of anilines is 8. The zero-order valence-electron chi connectivity index (χ0n) is 61.7. The molecule has 4 saturated heterocycles. The quantitative estimate of drug-likeness (QED) is 0.0393. The van der Waals surface area contributed by atoms with Gasteiger partial charge in [-0.3, -0.25) is 0 Å². The minimum atomic E-state index is -0.584. The van der Waals surface area contributed by atoms with E-state index in [4.69, 9.17) is 88.9 Å². The number of piperazine rings is 4. The van der Waals surface area contributed by atoms with E-state index in [0.717, 1.165) is 0 Å². The van der Waals surface area contributed by atoms with Crippen LogP contribution < -0.4 is 40.9 Å². The normalized spacial score (nSPS) is 15.8. The molecular weight excluding hydrogens is 1330 g/mol. The van der Waals surface area contributed by atoms with Crippen molar-refractivity contribution in [3.05, 3.63) is 5.28 Å². The van der Waals surface area contributed by atoms with Gasteiger partial charge in [0.05, 0.1) is 52.9 Å².